The molecule has 0 bridgehead atoms. The molecule has 0 fully saturated rings. The molecule has 0 saturated heterocycles. The first-order valence-electron chi connectivity index (χ1n) is 12.0. The van der Waals surface area contributed by atoms with Gasteiger partial charge in [-0.1, -0.05) is 42.5 Å². The number of nitrogens with zero attached hydrogens (tertiary/aromatic N) is 4. The predicted molar refractivity (Wildman–Crippen MR) is 140 cm³/mol. The highest BCUT2D eigenvalue weighted by Crippen LogP contribution is 2.49. The number of rotatable bonds is 0. The molecular weight excluding hydrogens is 428 g/mol. The zero-order valence-corrected chi connectivity index (χ0v) is 18.8. The maximum atomic E-state index is 5.16. The van der Waals surface area contributed by atoms with Crippen LogP contribution in [0.3, 0.4) is 0 Å². The minimum Gasteiger partial charge on any atom is -0.289 e. The van der Waals surface area contributed by atoms with E-state index in [9.17, 15) is 0 Å². The summed E-state index contributed by atoms with van der Waals surface area (Å²) in [6.45, 7) is 0. The van der Waals surface area contributed by atoms with Gasteiger partial charge in [0.15, 0.2) is 0 Å². The van der Waals surface area contributed by atoms with E-state index in [0.29, 0.717) is 0 Å². The molecule has 3 aromatic carbocycles. The van der Waals surface area contributed by atoms with Crippen LogP contribution in [0.2, 0.25) is 0 Å². The molecule has 4 aromatic heterocycles. The Kier molecular flexibility index (Phi) is 3.11. The van der Waals surface area contributed by atoms with E-state index in [0.717, 1.165) is 45.7 Å². The van der Waals surface area contributed by atoms with Gasteiger partial charge in [-0.15, -0.1) is 0 Å². The molecule has 162 valence electrons. The Bertz CT molecular complexity index is 2070. The Balaban J connectivity index is 1.47. The second-order valence-electron chi connectivity index (χ2n) is 9.69. The van der Waals surface area contributed by atoms with Crippen molar-refractivity contribution in [2.75, 3.05) is 0 Å². The highest BCUT2D eigenvalue weighted by molar-refractivity contribution is 6.15. The summed E-state index contributed by atoms with van der Waals surface area (Å²) in [4.78, 5) is 14.1. The molecule has 4 nitrogen and oxygen atoms in total. The highest BCUT2D eigenvalue weighted by Gasteiger charge is 2.30. The quantitative estimate of drug-likeness (QED) is 0.243. The average Bonchev–Trinajstić information content (AvgIpc) is 3.59. The molecule has 9 rings (SSSR count). The van der Waals surface area contributed by atoms with E-state index in [2.05, 4.69) is 75.0 Å². The largest absolute Gasteiger partial charge is 0.289 e. The maximum absolute atomic E-state index is 5.16. The third-order valence-electron chi connectivity index (χ3n) is 8.00. The Morgan fingerprint density at radius 1 is 0.629 bits per heavy atom. The van der Waals surface area contributed by atoms with Gasteiger partial charge >= 0.3 is 0 Å². The van der Waals surface area contributed by atoms with E-state index in [1.165, 1.54) is 50.0 Å². The molecule has 0 amide bonds. The molecule has 0 radical (unpaired) electrons. The van der Waals surface area contributed by atoms with Crippen molar-refractivity contribution in [2.24, 2.45) is 0 Å². The van der Waals surface area contributed by atoms with Crippen molar-refractivity contribution in [3.8, 4) is 22.3 Å². The Morgan fingerprint density at radius 2 is 1.46 bits per heavy atom. The predicted octanol–water partition coefficient (Wildman–Crippen LogP) is 6.73. The molecule has 0 aliphatic heterocycles. The van der Waals surface area contributed by atoms with Crippen LogP contribution in [-0.4, -0.2) is 19.4 Å². The number of hydrogen-bond donors (Lipinski definition) is 0. The monoisotopic (exact) mass is 446 g/mol. The van der Waals surface area contributed by atoms with Gasteiger partial charge in [0.1, 0.15) is 5.65 Å². The molecular formula is C31H18N4. The average molecular weight is 447 g/mol. The second kappa shape index (κ2) is 6.10. The molecule has 4 heteroatoms. The van der Waals surface area contributed by atoms with Crippen LogP contribution < -0.4 is 0 Å². The number of imidazole rings is 1. The highest BCUT2D eigenvalue weighted by atomic mass is 15.0. The normalized spacial score (nSPS) is 13.5. The van der Waals surface area contributed by atoms with Gasteiger partial charge in [0.2, 0.25) is 0 Å². The van der Waals surface area contributed by atoms with Gasteiger partial charge in [0.25, 0.3) is 0 Å². The van der Waals surface area contributed by atoms with Gasteiger partial charge in [-0.2, -0.15) is 0 Å². The van der Waals surface area contributed by atoms with Crippen molar-refractivity contribution in [3.05, 3.63) is 108 Å². The zero-order valence-electron chi connectivity index (χ0n) is 18.8. The van der Waals surface area contributed by atoms with Gasteiger partial charge in [-0.25, -0.2) is 4.98 Å². The Labute approximate surface area is 200 Å². The van der Waals surface area contributed by atoms with Crippen LogP contribution in [0.5, 0.6) is 0 Å². The summed E-state index contributed by atoms with van der Waals surface area (Å²) in [6, 6.07) is 22.2. The van der Waals surface area contributed by atoms with Crippen LogP contribution in [-0.2, 0) is 12.8 Å². The van der Waals surface area contributed by atoms with E-state index in [1.54, 1.807) is 0 Å². The van der Waals surface area contributed by atoms with Crippen LogP contribution in [0.15, 0.2) is 85.5 Å². The minimum absolute atomic E-state index is 0.957. The first-order chi connectivity index (χ1) is 17.4. The minimum atomic E-state index is 0.957. The van der Waals surface area contributed by atoms with E-state index in [1.807, 2.05) is 24.8 Å². The second-order valence-corrected chi connectivity index (χ2v) is 9.69. The Morgan fingerprint density at radius 3 is 2.43 bits per heavy atom. The Hall–Kier alpha value is -4.57. The standard InChI is InChI=1S/C31H18N4/c1-2-4-20-17(3-1)13-18-5-7-22-24(28(18)20)14-19-6-8-26-30(29(19)22)35-27-16-33-11-9-21(27)25-15-32-12-10-23(25)31(35)34-26/h1-12,15-16H,13-14H2. The molecule has 7 aromatic rings. The maximum Gasteiger partial charge on any atom is 0.146 e. The van der Waals surface area contributed by atoms with Gasteiger partial charge in [0, 0.05) is 40.3 Å². The van der Waals surface area contributed by atoms with E-state index >= 15 is 0 Å². The summed E-state index contributed by atoms with van der Waals surface area (Å²) in [5.41, 5.74) is 15.4. The van der Waals surface area contributed by atoms with Crippen molar-refractivity contribution < 1.29 is 0 Å². The molecule has 35 heavy (non-hydrogen) atoms. The van der Waals surface area contributed by atoms with Crippen molar-refractivity contribution in [1.82, 2.24) is 19.4 Å². The van der Waals surface area contributed by atoms with Crippen LogP contribution in [0.1, 0.15) is 22.3 Å². The lowest BCUT2D eigenvalue weighted by Crippen LogP contribution is -1.94. The third kappa shape index (κ3) is 2.11. The molecule has 2 aliphatic rings. The molecule has 0 N–H and O–H groups in total. The van der Waals surface area contributed by atoms with Crippen LogP contribution in [0.25, 0.3) is 60.6 Å². The summed E-state index contributed by atoms with van der Waals surface area (Å²) in [7, 11) is 0. The van der Waals surface area contributed by atoms with Crippen molar-refractivity contribution in [3.63, 3.8) is 0 Å². The first kappa shape index (κ1) is 17.8. The lowest BCUT2D eigenvalue weighted by Gasteiger charge is -2.11. The molecule has 0 spiro atoms. The number of aromatic nitrogens is 4. The summed E-state index contributed by atoms with van der Waals surface area (Å²) in [5, 5.41) is 3.37. The van der Waals surface area contributed by atoms with Crippen LogP contribution in [0.4, 0.5) is 0 Å². The molecule has 0 saturated carbocycles. The molecule has 0 atom stereocenters. The fourth-order valence-electron chi connectivity index (χ4n) is 6.58. The van der Waals surface area contributed by atoms with Gasteiger partial charge in [0.05, 0.1) is 22.7 Å². The summed E-state index contributed by atoms with van der Waals surface area (Å²) in [6.07, 6.45) is 9.60. The molecule has 0 unspecified atom stereocenters. The number of pyridine rings is 3. The van der Waals surface area contributed by atoms with E-state index in [-0.39, 0.29) is 0 Å². The van der Waals surface area contributed by atoms with Gasteiger partial charge in [-0.05, 0) is 70.0 Å². The van der Waals surface area contributed by atoms with Gasteiger partial charge < -0.3 is 0 Å². The fraction of sp³-hybridized carbons (Fsp3) is 0.0645. The van der Waals surface area contributed by atoms with Crippen LogP contribution in [0, 0.1) is 0 Å². The van der Waals surface area contributed by atoms with E-state index < -0.39 is 0 Å². The number of hydrogen-bond acceptors (Lipinski definition) is 3. The summed E-state index contributed by atoms with van der Waals surface area (Å²) >= 11 is 0. The van der Waals surface area contributed by atoms with Crippen molar-refractivity contribution >= 4 is 38.4 Å². The first-order valence-corrected chi connectivity index (χ1v) is 12.0. The molecule has 4 heterocycles. The summed E-state index contributed by atoms with van der Waals surface area (Å²) in [5.74, 6) is 0. The summed E-state index contributed by atoms with van der Waals surface area (Å²) < 4.78 is 2.33. The lowest BCUT2D eigenvalue weighted by atomic mass is 9.95. The third-order valence-corrected chi connectivity index (χ3v) is 8.00. The topological polar surface area (TPSA) is 43.1 Å². The van der Waals surface area contributed by atoms with Gasteiger partial charge in [-0.3, -0.25) is 14.4 Å². The van der Waals surface area contributed by atoms with E-state index in [4.69, 9.17) is 4.98 Å². The fourth-order valence-corrected chi connectivity index (χ4v) is 6.58. The zero-order chi connectivity index (χ0) is 22.7. The number of benzene rings is 3. The molecule has 2 aliphatic carbocycles. The lowest BCUT2D eigenvalue weighted by molar-refractivity contribution is 1.23. The van der Waals surface area contributed by atoms with Crippen LogP contribution >= 0.6 is 0 Å². The number of fused-ring (bicyclic) bond motifs is 16. The smallest absolute Gasteiger partial charge is 0.146 e. The van der Waals surface area contributed by atoms with Crippen molar-refractivity contribution in [1.29, 1.82) is 0 Å². The SMILES string of the molecule is c1ccc2c(c1)Cc1ccc3c(c1-2)Cc1ccc2nc4c5ccncc5c5ccncc5n4c2c1-3. The van der Waals surface area contributed by atoms with Crippen molar-refractivity contribution in [2.45, 2.75) is 12.8 Å².